The van der Waals surface area contributed by atoms with E-state index in [0.29, 0.717) is 45.8 Å². The molecule has 1 spiro atoms. The third-order valence-electron chi connectivity index (χ3n) is 8.42. The molecule has 0 N–H and O–H groups in total. The molecule has 0 aromatic rings. The summed E-state index contributed by atoms with van der Waals surface area (Å²) in [5.74, 6) is 1.91. The van der Waals surface area contributed by atoms with Crippen molar-refractivity contribution >= 4 is 11.8 Å². The first kappa shape index (κ1) is 28.2. The standard InChI is InChI=1S/C30H43N3O5/c1-6-7-11-27(34)31-14-12-30(13-15-31)26-18-22(2)29-23(9-8-10-24(37-4)19-25(29)38-5)20-33(26)28(35)21-32(30)16-17-36-3/h6-7,10,18-19,22H,8-9,11-17,20-21H2,1-5H3/b7-6+,24-10+,25-19+/t22-/m0/s1. The van der Waals surface area contributed by atoms with Gasteiger partial charge in [0.05, 0.1) is 32.9 Å². The van der Waals surface area contributed by atoms with E-state index in [2.05, 4.69) is 24.0 Å². The Balaban J connectivity index is 1.73. The fourth-order valence-corrected chi connectivity index (χ4v) is 6.40. The van der Waals surface area contributed by atoms with Gasteiger partial charge in [0.2, 0.25) is 11.8 Å². The minimum Gasteiger partial charge on any atom is -0.497 e. The molecule has 8 heteroatoms. The third-order valence-corrected chi connectivity index (χ3v) is 8.42. The number of hydrogen-bond acceptors (Lipinski definition) is 6. The highest BCUT2D eigenvalue weighted by molar-refractivity contribution is 5.83. The van der Waals surface area contributed by atoms with E-state index in [9.17, 15) is 9.59 Å². The topological polar surface area (TPSA) is 71.6 Å². The van der Waals surface area contributed by atoms with Gasteiger partial charge in [0, 0.05) is 63.0 Å². The number of ether oxygens (including phenoxy) is 3. The van der Waals surface area contributed by atoms with Crippen LogP contribution in [0.1, 0.15) is 46.0 Å². The molecule has 208 valence electrons. The van der Waals surface area contributed by atoms with Crippen LogP contribution in [-0.4, -0.2) is 92.7 Å². The highest BCUT2D eigenvalue weighted by atomic mass is 16.5. The number of amides is 2. The highest BCUT2D eigenvalue weighted by Gasteiger charge is 2.51. The SMILES string of the molecule is C/C=C/CC(=O)N1CCC2(CC1)C1=C[C@H](C)C3=C(CC/C=C(OC)\C=C/3OC)CN1C(=O)CN2CCOC. The summed E-state index contributed by atoms with van der Waals surface area (Å²) < 4.78 is 16.9. The molecule has 4 rings (SSSR count). The predicted octanol–water partition coefficient (Wildman–Crippen LogP) is 3.79. The lowest BCUT2D eigenvalue weighted by atomic mass is 9.78. The summed E-state index contributed by atoms with van der Waals surface area (Å²) in [6.07, 6.45) is 13.8. The number of carbonyl (C=O) groups is 2. The third kappa shape index (κ3) is 5.47. The number of nitrogens with zero attached hydrogens (tertiary/aromatic N) is 3. The van der Waals surface area contributed by atoms with Crippen molar-refractivity contribution in [3.05, 3.63) is 58.7 Å². The lowest BCUT2D eigenvalue weighted by Crippen LogP contribution is -2.66. The maximum absolute atomic E-state index is 13.7. The van der Waals surface area contributed by atoms with Crippen LogP contribution in [-0.2, 0) is 23.8 Å². The fraction of sp³-hybridized carbons (Fsp3) is 0.600. The molecule has 4 aliphatic rings. The van der Waals surface area contributed by atoms with Gasteiger partial charge in [0.15, 0.2) is 0 Å². The van der Waals surface area contributed by atoms with Crippen LogP contribution < -0.4 is 0 Å². The van der Waals surface area contributed by atoms with Gasteiger partial charge in [-0.25, -0.2) is 0 Å². The van der Waals surface area contributed by atoms with Gasteiger partial charge in [-0.1, -0.05) is 25.2 Å². The van der Waals surface area contributed by atoms with Gasteiger partial charge >= 0.3 is 0 Å². The van der Waals surface area contributed by atoms with E-state index >= 15 is 0 Å². The summed E-state index contributed by atoms with van der Waals surface area (Å²) in [5.41, 5.74) is 3.12. The Morgan fingerprint density at radius 2 is 1.92 bits per heavy atom. The van der Waals surface area contributed by atoms with Gasteiger partial charge in [-0.3, -0.25) is 14.5 Å². The number of carbonyl (C=O) groups excluding carboxylic acids is 2. The number of allylic oxidation sites excluding steroid dienone is 5. The number of fused-ring (bicyclic) bond motifs is 2. The zero-order valence-electron chi connectivity index (χ0n) is 23.6. The molecule has 1 atom stereocenters. The average molecular weight is 526 g/mol. The van der Waals surface area contributed by atoms with Crippen LogP contribution in [0.3, 0.4) is 0 Å². The van der Waals surface area contributed by atoms with E-state index in [1.165, 1.54) is 5.57 Å². The predicted molar refractivity (Wildman–Crippen MR) is 147 cm³/mol. The Morgan fingerprint density at radius 1 is 1.16 bits per heavy atom. The summed E-state index contributed by atoms with van der Waals surface area (Å²) in [5, 5.41) is 0. The number of rotatable bonds is 7. The Hall–Kier alpha value is -2.84. The van der Waals surface area contributed by atoms with E-state index < -0.39 is 0 Å². The second-order valence-corrected chi connectivity index (χ2v) is 10.5. The minimum atomic E-state index is -0.328. The molecule has 38 heavy (non-hydrogen) atoms. The van der Waals surface area contributed by atoms with E-state index in [1.807, 2.05) is 35.0 Å². The molecule has 3 aliphatic heterocycles. The summed E-state index contributed by atoms with van der Waals surface area (Å²) >= 11 is 0. The molecular weight excluding hydrogens is 482 g/mol. The van der Waals surface area contributed by atoms with Crippen molar-refractivity contribution in [1.29, 1.82) is 0 Å². The molecule has 0 aromatic heterocycles. The number of piperazine rings is 1. The molecule has 0 saturated carbocycles. The molecular formula is C30H43N3O5. The van der Waals surface area contributed by atoms with Gasteiger partial charge in [-0.05, 0) is 44.3 Å². The summed E-state index contributed by atoms with van der Waals surface area (Å²) in [7, 11) is 5.08. The normalized spacial score (nSPS) is 26.9. The minimum absolute atomic E-state index is 0.0498. The second-order valence-electron chi connectivity index (χ2n) is 10.5. The van der Waals surface area contributed by atoms with Crippen molar-refractivity contribution in [3.8, 4) is 0 Å². The molecule has 1 aliphatic carbocycles. The highest BCUT2D eigenvalue weighted by Crippen LogP contribution is 2.45. The molecule has 0 unspecified atom stereocenters. The number of methoxy groups -OCH3 is 3. The second kappa shape index (κ2) is 12.3. The van der Waals surface area contributed by atoms with Gasteiger partial charge in [-0.15, -0.1) is 0 Å². The first-order chi connectivity index (χ1) is 18.4. The van der Waals surface area contributed by atoms with Gasteiger partial charge in [-0.2, -0.15) is 0 Å². The van der Waals surface area contributed by atoms with Crippen molar-refractivity contribution in [2.45, 2.75) is 51.5 Å². The van der Waals surface area contributed by atoms with E-state index in [0.717, 1.165) is 48.5 Å². The average Bonchev–Trinajstić information content (AvgIpc) is 3.06. The molecule has 0 radical (unpaired) electrons. The van der Waals surface area contributed by atoms with Crippen molar-refractivity contribution < 1.29 is 23.8 Å². The van der Waals surface area contributed by atoms with Crippen LogP contribution in [0, 0.1) is 5.92 Å². The molecule has 3 heterocycles. The Labute approximate surface area is 227 Å². The van der Waals surface area contributed by atoms with Crippen LogP contribution >= 0.6 is 0 Å². The van der Waals surface area contributed by atoms with Crippen LogP contribution in [0.25, 0.3) is 0 Å². The number of piperidine rings is 1. The molecule has 8 nitrogen and oxygen atoms in total. The maximum atomic E-state index is 13.7. The van der Waals surface area contributed by atoms with Crippen molar-refractivity contribution in [2.24, 2.45) is 5.92 Å². The Morgan fingerprint density at radius 3 is 2.58 bits per heavy atom. The molecule has 0 bridgehead atoms. The quantitative estimate of drug-likeness (QED) is 0.471. The zero-order chi connectivity index (χ0) is 27.3. The van der Waals surface area contributed by atoms with Crippen molar-refractivity contribution in [2.75, 3.05) is 60.7 Å². The molecule has 2 fully saturated rings. The first-order valence-corrected chi connectivity index (χ1v) is 13.8. The largest absolute Gasteiger partial charge is 0.497 e. The lowest BCUT2D eigenvalue weighted by molar-refractivity contribution is -0.143. The Bertz CT molecular complexity index is 1060. The zero-order valence-corrected chi connectivity index (χ0v) is 23.6. The van der Waals surface area contributed by atoms with E-state index in [4.69, 9.17) is 14.2 Å². The number of likely N-dealkylation sites (tertiary alicyclic amines) is 1. The first-order valence-electron chi connectivity index (χ1n) is 13.8. The van der Waals surface area contributed by atoms with Gasteiger partial charge in [0.25, 0.3) is 0 Å². The Kier molecular flexibility index (Phi) is 9.15. The van der Waals surface area contributed by atoms with Crippen LogP contribution in [0.15, 0.2) is 58.7 Å². The van der Waals surface area contributed by atoms with Crippen LogP contribution in [0.5, 0.6) is 0 Å². The van der Waals surface area contributed by atoms with E-state index in [-0.39, 0.29) is 23.3 Å². The number of hydrogen-bond donors (Lipinski definition) is 0. The van der Waals surface area contributed by atoms with Gasteiger partial charge < -0.3 is 24.0 Å². The summed E-state index contributed by atoms with van der Waals surface area (Å²) in [6.45, 7) is 7.61. The fourth-order valence-electron chi connectivity index (χ4n) is 6.40. The summed E-state index contributed by atoms with van der Waals surface area (Å²) in [4.78, 5) is 32.8. The summed E-state index contributed by atoms with van der Waals surface area (Å²) in [6, 6.07) is 0. The van der Waals surface area contributed by atoms with E-state index in [1.54, 1.807) is 21.3 Å². The van der Waals surface area contributed by atoms with Crippen molar-refractivity contribution in [1.82, 2.24) is 14.7 Å². The maximum Gasteiger partial charge on any atom is 0.241 e. The van der Waals surface area contributed by atoms with Crippen LogP contribution in [0.4, 0.5) is 0 Å². The van der Waals surface area contributed by atoms with Crippen molar-refractivity contribution in [3.63, 3.8) is 0 Å². The smallest absolute Gasteiger partial charge is 0.241 e. The monoisotopic (exact) mass is 525 g/mol. The molecule has 0 aromatic carbocycles. The van der Waals surface area contributed by atoms with Crippen LogP contribution in [0.2, 0.25) is 0 Å². The molecule has 2 saturated heterocycles. The molecule has 2 amide bonds. The van der Waals surface area contributed by atoms with Gasteiger partial charge in [0.1, 0.15) is 11.5 Å². The lowest BCUT2D eigenvalue weighted by Gasteiger charge is -2.55.